The molecule has 0 spiro atoms. The number of allylic oxidation sites excluding steroid dienone is 1. The van der Waals surface area contributed by atoms with Crippen LogP contribution < -0.4 is 5.32 Å². The summed E-state index contributed by atoms with van der Waals surface area (Å²) in [6.45, 7) is 6.87. The van der Waals surface area contributed by atoms with Gasteiger partial charge in [-0.3, -0.25) is 4.79 Å². The number of rotatable bonds is 5. The van der Waals surface area contributed by atoms with Gasteiger partial charge in [0.1, 0.15) is 0 Å². The lowest BCUT2D eigenvalue weighted by Crippen LogP contribution is -2.50. The van der Waals surface area contributed by atoms with Crippen molar-refractivity contribution in [2.45, 2.75) is 45.7 Å². The van der Waals surface area contributed by atoms with Crippen molar-refractivity contribution in [2.24, 2.45) is 0 Å². The fourth-order valence-electron chi connectivity index (χ4n) is 3.43. The van der Waals surface area contributed by atoms with Crippen LogP contribution in [0, 0.1) is 11.6 Å². The van der Waals surface area contributed by atoms with Gasteiger partial charge in [0.25, 0.3) is 5.91 Å². The van der Waals surface area contributed by atoms with Gasteiger partial charge in [-0.15, -0.1) is 0 Å². The summed E-state index contributed by atoms with van der Waals surface area (Å²) in [7, 11) is 0. The zero-order chi connectivity index (χ0) is 19.0. The van der Waals surface area contributed by atoms with Crippen LogP contribution in [0.3, 0.4) is 0 Å². The van der Waals surface area contributed by atoms with Gasteiger partial charge in [0.2, 0.25) is 0 Å². The molecule has 7 heteroatoms. The zero-order valence-electron chi connectivity index (χ0n) is 15.2. The molecule has 0 bridgehead atoms. The van der Waals surface area contributed by atoms with E-state index in [9.17, 15) is 13.6 Å². The molecule has 140 valence electrons. The van der Waals surface area contributed by atoms with Crippen molar-refractivity contribution in [1.29, 1.82) is 0 Å². The number of nitrogens with one attached hydrogen (secondary N) is 1. The predicted molar refractivity (Wildman–Crippen MR) is 100 cm³/mol. The first-order valence-electron chi connectivity index (χ1n) is 8.93. The quantitative estimate of drug-likeness (QED) is 0.795. The number of likely N-dealkylation sites (N-methyl/N-ethyl adjacent to an activating group) is 1. The highest BCUT2D eigenvalue weighted by atomic mass is 32.1. The SMILES string of the molecule is CCN(CC)C(=O)C1=C(C)N(C2CC2)C(=S)N[C@@H]1c1ccc(F)c(F)c1. The van der Waals surface area contributed by atoms with E-state index in [1.54, 1.807) is 4.90 Å². The minimum Gasteiger partial charge on any atom is -0.351 e. The second-order valence-electron chi connectivity index (χ2n) is 6.63. The van der Waals surface area contributed by atoms with E-state index in [0.29, 0.717) is 35.4 Å². The van der Waals surface area contributed by atoms with E-state index in [0.717, 1.165) is 30.7 Å². The molecule has 1 aliphatic heterocycles. The average molecular weight is 379 g/mol. The lowest BCUT2D eigenvalue weighted by molar-refractivity contribution is -0.127. The molecule has 1 atom stereocenters. The number of hydrogen-bond acceptors (Lipinski definition) is 2. The highest BCUT2D eigenvalue weighted by Crippen LogP contribution is 2.38. The molecule has 1 aromatic rings. The number of amides is 1. The standard InChI is InChI=1S/C19H23F2N3OS/c1-4-23(5-2)18(25)16-11(3)24(13-7-8-13)19(26)22-17(16)12-6-9-14(20)15(21)10-12/h6,9-10,13,17H,4-5,7-8H2,1-3H3,(H,22,26)/t17-/m1/s1. The molecule has 0 aromatic heterocycles. The van der Waals surface area contributed by atoms with E-state index in [1.807, 2.05) is 25.7 Å². The number of hydrogen-bond donors (Lipinski definition) is 1. The van der Waals surface area contributed by atoms with E-state index in [1.165, 1.54) is 6.07 Å². The predicted octanol–water partition coefficient (Wildman–Crippen LogP) is 3.50. The van der Waals surface area contributed by atoms with Crippen LogP contribution in [0.2, 0.25) is 0 Å². The molecule has 1 aliphatic carbocycles. The third-order valence-corrected chi connectivity index (χ3v) is 5.31. The maximum Gasteiger partial charge on any atom is 0.253 e. The highest BCUT2D eigenvalue weighted by Gasteiger charge is 2.41. The summed E-state index contributed by atoms with van der Waals surface area (Å²) in [4.78, 5) is 16.9. The topological polar surface area (TPSA) is 35.6 Å². The molecular formula is C19H23F2N3OS. The van der Waals surface area contributed by atoms with E-state index >= 15 is 0 Å². The van der Waals surface area contributed by atoms with Gasteiger partial charge >= 0.3 is 0 Å². The Balaban J connectivity index is 2.10. The third kappa shape index (κ3) is 3.32. The Kier molecular flexibility index (Phi) is 5.27. The third-order valence-electron chi connectivity index (χ3n) is 5.00. The number of carbonyl (C=O) groups is 1. The fourth-order valence-corrected chi connectivity index (χ4v) is 3.83. The van der Waals surface area contributed by atoms with Gasteiger partial charge in [-0.1, -0.05) is 6.07 Å². The number of thiocarbonyl (C=S) groups is 1. The fraction of sp³-hybridized carbons (Fsp3) is 0.474. The van der Waals surface area contributed by atoms with Crippen molar-refractivity contribution in [2.75, 3.05) is 13.1 Å². The van der Waals surface area contributed by atoms with Crippen molar-refractivity contribution in [3.8, 4) is 0 Å². The van der Waals surface area contributed by atoms with Crippen molar-refractivity contribution in [1.82, 2.24) is 15.1 Å². The summed E-state index contributed by atoms with van der Waals surface area (Å²) in [5.41, 5.74) is 1.82. The van der Waals surface area contributed by atoms with Crippen LogP contribution in [0.4, 0.5) is 8.78 Å². The maximum absolute atomic E-state index is 13.8. The van der Waals surface area contributed by atoms with Gasteiger partial charge in [0.05, 0.1) is 11.6 Å². The number of carbonyl (C=O) groups excluding carboxylic acids is 1. The minimum absolute atomic E-state index is 0.108. The molecule has 0 unspecified atom stereocenters. The summed E-state index contributed by atoms with van der Waals surface area (Å²) in [6.07, 6.45) is 2.06. The number of nitrogens with zero attached hydrogens (tertiary/aromatic N) is 2. The van der Waals surface area contributed by atoms with Gasteiger partial charge in [0.15, 0.2) is 16.7 Å². The van der Waals surface area contributed by atoms with E-state index in [-0.39, 0.29) is 5.91 Å². The molecule has 26 heavy (non-hydrogen) atoms. The Bertz CT molecular complexity index is 772. The molecular weight excluding hydrogens is 356 g/mol. The average Bonchev–Trinajstić information content (AvgIpc) is 3.42. The molecule has 2 aliphatic rings. The molecule has 3 rings (SSSR count). The first-order valence-corrected chi connectivity index (χ1v) is 9.34. The van der Waals surface area contributed by atoms with Crippen LogP contribution in [0.25, 0.3) is 0 Å². The molecule has 1 aromatic carbocycles. The lowest BCUT2D eigenvalue weighted by atomic mass is 9.93. The van der Waals surface area contributed by atoms with Crippen LogP contribution >= 0.6 is 12.2 Å². The van der Waals surface area contributed by atoms with Gasteiger partial charge in [-0.05, 0) is 63.5 Å². The summed E-state index contributed by atoms with van der Waals surface area (Å²) in [6, 6.07) is 3.41. The van der Waals surface area contributed by atoms with Gasteiger partial charge in [-0.25, -0.2) is 8.78 Å². The van der Waals surface area contributed by atoms with Crippen LogP contribution in [0.5, 0.6) is 0 Å². The van der Waals surface area contributed by atoms with Crippen LogP contribution in [-0.2, 0) is 4.79 Å². The largest absolute Gasteiger partial charge is 0.351 e. The van der Waals surface area contributed by atoms with Gasteiger partial charge in [-0.2, -0.15) is 0 Å². The molecule has 4 nitrogen and oxygen atoms in total. The molecule has 0 radical (unpaired) electrons. The monoisotopic (exact) mass is 379 g/mol. The molecule has 1 fully saturated rings. The molecule has 1 N–H and O–H groups in total. The van der Waals surface area contributed by atoms with Crippen molar-refractivity contribution in [3.63, 3.8) is 0 Å². The second kappa shape index (κ2) is 7.31. The van der Waals surface area contributed by atoms with Crippen molar-refractivity contribution in [3.05, 3.63) is 46.7 Å². The Morgan fingerprint density at radius 1 is 1.27 bits per heavy atom. The molecule has 1 heterocycles. The summed E-state index contributed by atoms with van der Waals surface area (Å²) in [5.74, 6) is -1.96. The van der Waals surface area contributed by atoms with E-state index in [4.69, 9.17) is 12.2 Å². The number of halogens is 2. The minimum atomic E-state index is -0.938. The van der Waals surface area contributed by atoms with Crippen molar-refractivity contribution >= 4 is 23.2 Å². The smallest absolute Gasteiger partial charge is 0.253 e. The Hall–Kier alpha value is -2.02. The van der Waals surface area contributed by atoms with Crippen LogP contribution in [0.15, 0.2) is 29.5 Å². The lowest BCUT2D eigenvalue weighted by Gasteiger charge is -2.39. The second-order valence-corrected chi connectivity index (χ2v) is 7.02. The first-order chi connectivity index (χ1) is 12.4. The Morgan fingerprint density at radius 2 is 1.92 bits per heavy atom. The summed E-state index contributed by atoms with van der Waals surface area (Å²) in [5, 5.41) is 3.70. The van der Waals surface area contributed by atoms with E-state index < -0.39 is 17.7 Å². The van der Waals surface area contributed by atoms with E-state index in [2.05, 4.69) is 5.32 Å². The zero-order valence-corrected chi connectivity index (χ0v) is 16.0. The van der Waals surface area contributed by atoms with Crippen LogP contribution in [0.1, 0.15) is 45.2 Å². The van der Waals surface area contributed by atoms with Gasteiger partial charge in [0, 0.05) is 24.8 Å². The first kappa shape index (κ1) is 18.8. The summed E-state index contributed by atoms with van der Waals surface area (Å²) >= 11 is 5.51. The maximum atomic E-state index is 13.8. The number of benzene rings is 1. The molecule has 1 saturated carbocycles. The molecule has 0 saturated heterocycles. The van der Waals surface area contributed by atoms with Gasteiger partial charge < -0.3 is 15.1 Å². The summed E-state index contributed by atoms with van der Waals surface area (Å²) < 4.78 is 27.2. The highest BCUT2D eigenvalue weighted by molar-refractivity contribution is 7.80. The normalized spacial score (nSPS) is 20.3. The van der Waals surface area contributed by atoms with Crippen molar-refractivity contribution < 1.29 is 13.6 Å². The Morgan fingerprint density at radius 3 is 2.46 bits per heavy atom. The Labute approximate surface area is 157 Å². The van der Waals surface area contributed by atoms with Crippen LogP contribution in [-0.4, -0.2) is 40.0 Å². The molecule has 1 amide bonds.